The molecule has 0 aliphatic rings. The maximum atomic E-state index is 12.1. The minimum Gasteiger partial charge on any atom is -0.355 e. The predicted octanol–water partition coefficient (Wildman–Crippen LogP) is 3.48. The van der Waals surface area contributed by atoms with Gasteiger partial charge in [0.2, 0.25) is 5.91 Å². The molecule has 1 aromatic heterocycles. The van der Waals surface area contributed by atoms with Crippen molar-refractivity contribution in [1.82, 2.24) is 20.1 Å². The number of thioether (sulfide) groups is 1. The molecular weight excluding hydrogens is 356 g/mol. The standard InChI is InChI=1S/C21H24N4OS/c1-17-23-24-21(25(17)15-19-11-6-3-7-12-19)27-16-20(26)22-14-8-13-18-9-4-2-5-10-18/h2-7,9-12H,8,13-16H2,1H3,(H,22,26). The topological polar surface area (TPSA) is 59.8 Å². The summed E-state index contributed by atoms with van der Waals surface area (Å²) in [6.07, 6.45) is 1.91. The second-order valence-electron chi connectivity index (χ2n) is 6.33. The SMILES string of the molecule is Cc1nnc(SCC(=O)NCCCc2ccccc2)n1Cc1ccccc1. The Bertz CT molecular complexity index is 849. The number of rotatable bonds is 9. The molecule has 0 bridgehead atoms. The predicted molar refractivity (Wildman–Crippen MR) is 109 cm³/mol. The van der Waals surface area contributed by atoms with Crippen LogP contribution in [-0.4, -0.2) is 33.0 Å². The number of amides is 1. The van der Waals surface area contributed by atoms with Gasteiger partial charge in [0.1, 0.15) is 5.82 Å². The van der Waals surface area contributed by atoms with Crippen molar-refractivity contribution in [2.45, 2.75) is 31.5 Å². The van der Waals surface area contributed by atoms with Gasteiger partial charge in [-0.3, -0.25) is 4.79 Å². The van der Waals surface area contributed by atoms with E-state index in [9.17, 15) is 4.79 Å². The summed E-state index contributed by atoms with van der Waals surface area (Å²) in [7, 11) is 0. The van der Waals surface area contributed by atoms with Gasteiger partial charge in [-0.15, -0.1) is 10.2 Å². The van der Waals surface area contributed by atoms with E-state index in [4.69, 9.17) is 0 Å². The Morgan fingerprint density at radius 1 is 1.00 bits per heavy atom. The first-order valence-electron chi connectivity index (χ1n) is 9.09. The first kappa shape index (κ1) is 19.2. The number of hydrogen-bond acceptors (Lipinski definition) is 4. The molecule has 6 heteroatoms. The van der Waals surface area contributed by atoms with E-state index in [0.29, 0.717) is 18.8 Å². The van der Waals surface area contributed by atoms with Gasteiger partial charge in [0, 0.05) is 6.54 Å². The summed E-state index contributed by atoms with van der Waals surface area (Å²) in [5.74, 6) is 1.22. The van der Waals surface area contributed by atoms with E-state index in [1.54, 1.807) is 0 Å². The lowest BCUT2D eigenvalue weighted by molar-refractivity contribution is -0.118. The molecule has 0 aliphatic carbocycles. The summed E-state index contributed by atoms with van der Waals surface area (Å²) in [4.78, 5) is 12.1. The Morgan fingerprint density at radius 2 is 1.67 bits per heavy atom. The molecule has 140 valence electrons. The van der Waals surface area contributed by atoms with Crippen LogP contribution in [0.3, 0.4) is 0 Å². The molecule has 1 N–H and O–H groups in total. The minimum atomic E-state index is 0.0278. The van der Waals surface area contributed by atoms with Gasteiger partial charge in [0.05, 0.1) is 12.3 Å². The molecule has 0 saturated carbocycles. The highest BCUT2D eigenvalue weighted by atomic mass is 32.2. The lowest BCUT2D eigenvalue weighted by atomic mass is 10.1. The Morgan fingerprint density at radius 3 is 2.37 bits per heavy atom. The van der Waals surface area contributed by atoms with Gasteiger partial charge in [-0.1, -0.05) is 72.4 Å². The zero-order chi connectivity index (χ0) is 18.9. The van der Waals surface area contributed by atoms with Crippen LogP contribution in [-0.2, 0) is 17.8 Å². The third-order valence-corrected chi connectivity index (χ3v) is 5.19. The van der Waals surface area contributed by atoms with E-state index in [1.807, 2.05) is 47.9 Å². The van der Waals surface area contributed by atoms with E-state index in [0.717, 1.165) is 23.8 Å². The minimum absolute atomic E-state index is 0.0278. The van der Waals surface area contributed by atoms with Crippen LogP contribution in [0.15, 0.2) is 65.8 Å². The molecule has 0 saturated heterocycles. The number of aryl methyl sites for hydroxylation is 2. The number of carbonyl (C=O) groups is 1. The highest BCUT2D eigenvalue weighted by molar-refractivity contribution is 7.99. The highest BCUT2D eigenvalue weighted by Crippen LogP contribution is 2.18. The molecule has 1 heterocycles. The molecule has 0 radical (unpaired) electrons. The summed E-state index contributed by atoms with van der Waals surface area (Å²) in [6.45, 7) is 3.33. The van der Waals surface area contributed by atoms with Crippen molar-refractivity contribution in [3.05, 3.63) is 77.6 Å². The van der Waals surface area contributed by atoms with Crippen LogP contribution in [0, 0.1) is 6.92 Å². The Labute approximate surface area is 164 Å². The second kappa shape index (κ2) is 9.92. The molecule has 0 unspecified atom stereocenters. The summed E-state index contributed by atoms with van der Waals surface area (Å²) < 4.78 is 2.04. The summed E-state index contributed by atoms with van der Waals surface area (Å²) in [5.41, 5.74) is 2.48. The molecule has 3 rings (SSSR count). The fourth-order valence-corrected chi connectivity index (χ4v) is 3.58. The second-order valence-corrected chi connectivity index (χ2v) is 7.27. The number of aromatic nitrogens is 3. The molecule has 0 aliphatic heterocycles. The molecular formula is C21H24N4OS. The fourth-order valence-electron chi connectivity index (χ4n) is 2.76. The Hall–Kier alpha value is -2.60. The summed E-state index contributed by atoms with van der Waals surface area (Å²) in [6, 6.07) is 20.5. The average Bonchev–Trinajstić information content (AvgIpc) is 3.05. The lowest BCUT2D eigenvalue weighted by Gasteiger charge is -2.09. The molecule has 2 aromatic carbocycles. The third kappa shape index (κ3) is 5.96. The summed E-state index contributed by atoms with van der Waals surface area (Å²) >= 11 is 1.43. The monoisotopic (exact) mass is 380 g/mol. The molecule has 27 heavy (non-hydrogen) atoms. The van der Waals surface area contributed by atoms with Crippen molar-refractivity contribution in [3.63, 3.8) is 0 Å². The molecule has 3 aromatic rings. The maximum absolute atomic E-state index is 12.1. The zero-order valence-corrected chi connectivity index (χ0v) is 16.3. The van der Waals surface area contributed by atoms with Crippen LogP contribution in [0.2, 0.25) is 0 Å². The van der Waals surface area contributed by atoms with Gasteiger partial charge < -0.3 is 9.88 Å². The van der Waals surface area contributed by atoms with Gasteiger partial charge in [0.15, 0.2) is 5.16 Å². The van der Waals surface area contributed by atoms with Crippen LogP contribution >= 0.6 is 11.8 Å². The van der Waals surface area contributed by atoms with E-state index in [2.05, 4.69) is 39.8 Å². The first-order chi connectivity index (χ1) is 13.2. The largest absolute Gasteiger partial charge is 0.355 e. The third-order valence-electron chi connectivity index (χ3n) is 4.22. The number of hydrogen-bond donors (Lipinski definition) is 1. The van der Waals surface area contributed by atoms with Crippen molar-refractivity contribution in [2.24, 2.45) is 0 Å². The smallest absolute Gasteiger partial charge is 0.230 e. The molecule has 0 fully saturated rings. The van der Waals surface area contributed by atoms with Crippen LogP contribution in [0.25, 0.3) is 0 Å². The molecule has 0 atom stereocenters. The number of carbonyl (C=O) groups excluding carboxylic acids is 1. The maximum Gasteiger partial charge on any atom is 0.230 e. The van der Waals surface area contributed by atoms with Crippen LogP contribution < -0.4 is 5.32 Å². The van der Waals surface area contributed by atoms with Crippen LogP contribution in [0.5, 0.6) is 0 Å². The van der Waals surface area contributed by atoms with Gasteiger partial charge in [-0.05, 0) is 30.9 Å². The number of nitrogens with one attached hydrogen (secondary N) is 1. The Kier molecular flexibility index (Phi) is 7.04. The average molecular weight is 381 g/mol. The quantitative estimate of drug-likeness (QED) is 0.456. The molecule has 1 amide bonds. The Balaban J connectivity index is 1.43. The van der Waals surface area contributed by atoms with Gasteiger partial charge in [0.25, 0.3) is 0 Å². The number of benzene rings is 2. The fraction of sp³-hybridized carbons (Fsp3) is 0.286. The van der Waals surface area contributed by atoms with Crippen molar-refractivity contribution in [3.8, 4) is 0 Å². The highest BCUT2D eigenvalue weighted by Gasteiger charge is 2.12. The van der Waals surface area contributed by atoms with Crippen molar-refractivity contribution in [2.75, 3.05) is 12.3 Å². The van der Waals surface area contributed by atoms with Crippen molar-refractivity contribution < 1.29 is 4.79 Å². The number of nitrogens with zero attached hydrogens (tertiary/aromatic N) is 3. The van der Waals surface area contributed by atoms with Gasteiger partial charge in [-0.2, -0.15) is 0 Å². The summed E-state index contributed by atoms with van der Waals surface area (Å²) in [5, 5.41) is 12.1. The van der Waals surface area contributed by atoms with E-state index in [-0.39, 0.29) is 5.91 Å². The van der Waals surface area contributed by atoms with E-state index in [1.165, 1.54) is 22.9 Å². The zero-order valence-electron chi connectivity index (χ0n) is 15.5. The van der Waals surface area contributed by atoms with Gasteiger partial charge in [-0.25, -0.2) is 0 Å². The van der Waals surface area contributed by atoms with Crippen LogP contribution in [0.1, 0.15) is 23.4 Å². The van der Waals surface area contributed by atoms with Crippen molar-refractivity contribution >= 4 is 17.7 Å². The van der Waals surface area contributed by atoms with Gasteiger partial charge >= 0.3 is 0 Å². The molecule has 0 spiro atoms. The van der Waals surface area contributed by atoms with Crippen LogP contribution in [0.4, 0.5) is 0 Å². The first-order valence-corrected chi connectivity index (χ1v) is 10.1. The normalized spacial score (nSPS) is 10.7. The lowest BCUT2D eigenvalue weighted by Crippen LogP contribution is -2.26. The van der Waals surface area contributed by atoms with E-state index >= 15 is 0 Å². The molecule has 5 nitrogen and oxygen atoms in total. The van der Waals surface area contributed by atoms with Crippen molar-refractivity contribution in [1.29, 1.82) is 0 Å². The van der Waals surface area contributed by atoms with E-state index < -0.39 is 0 Å².